The lowest BCUT2D eigenvalue weighted by molar-refractivity contribution is -0.146. The molecule has 1 aliphatic carbocycles. The fourth-order valence-electron chi connectivity index (χ4n) is 1.47. The maximum atomic E-state index is 11.6. The molecule has 1 rings (SSSR count). The third-order valence-electron chi connectivity index (χ3n) is 2.34. The lowest BCUT2D eigenvalue weighted by atomic mass is 9.89. The van der Waals surface area contributed by atoms with Gasteiger partial charge >= 0.3 is 5.97 Å². The van der Waals surface area contributed by atoms with E-state index in [-0.39, 0.29) is 5.70 Å². The zero-order valence-corrected chi connectivity index (χ0v) is 10.5. The van der Waals surface area contributed by atoms with E-state index in [1.54, 1.807) is 25.2 Å². The molecule has 1 atom stereocenters. The van der Waals surface area contributed by atoms with Crippen LogP contribution in [0.2, 0.25) is 0 Å². The van der Waals surface area contributed by atoms with Crippen LogP contribution in [-0.2, 0) is 9.53 Å². The van der Waals surface area contributed by atoms with Gasteiger partial charge < -0.3 is 15.8 Å². The van der Waals surface area contributed by atoms with E-state index in [2.05, 4.69) is 17.9 Å². The van der Waals surface area contributed by atoms with Crippen LogP contribution in [-0.4, -0.2) is 18.3 Å². The first kappa shape index (κ1) is 13.4. The van der Waals surface area contributed by atoms with Crippen molar-refractivity contribution in [3.8, 4) is 0 Å². The van der Waals surface area contributed by atoms with Crippen molar-refractivity contribution >= 4 is 23.8 Å². The Bertz CT molecular complexity index is 440. The molecular formula is C11H14N2O3S. The van der Waals surface area contributed by atoms with Crippen molar-refractivity contribution in [1.82, 2.24) is 5.32 Å². The van der Waals surface area contributed by atoms with Crippen LogP contribution in [0.25, 0.3) is 0 Å². The van der Waals surface area contributed by atoms with Crippen LogP contribution in [0.4, 0.5) is 4.79 Å². The predicted molar refractivity (Wildman–Crippen MR) is 67.1 cm³/mol. The Balaban J connectivity index is 3.06. The number of allylic oxidation sites excluding steroid dienone is 2. The summed E-state index contributed by atoms with van der Waals surface area (Å²) in [4.78, 5) is 22.5. The second kappa shape index (κ2) is 5.09. The van der Waals surface area contributed by atoms with E-state index in [1.165, 1.54) is 13.2 Å². The summed E-state index contributed by atoms with van der Waals surface area (Å²) in [7, 11) is 1.31. The van der Waals surface area contributed by atoms with Gasteiger partial charge in [-0.2, -0.15) is 0 Å². The molecule has 92 valence electrons. The first-order chi connectivity index (χ1) is 7.89. The summed E-state index contributed by atoms with van der Waals surface area (Å²) >= 11 is 3.60. The topological polar surface area (TPSA) is 81.4 Å². The van der Waals surface area contributed by atoms with Gasteiger partial charge in [-0.25, -0.2) is 0 Å². The molecule has 0 heterocycles. The van der Waals surface area contributed by atoms with Crippen molar-refractivity contribution in [3.63, 3.8) is 0 Å². The number of carbonyl (C=O) groups is 2. The second-order valence-electron chi connectivity index (χ2n) is 3.74. The fraction of sp³-hybridized carbons (Fsp3) is 0.273. The zero-order chi connectivity index (χ0) is 13.1. The lowest BCUT2D eigenvalue weighted by Gasteiger charge is -2.18. The summed E-state index contributed by atoms with van der Waals surface area (Å²) in [6.45, 7) is 1.67. The number of rotatable bonds is 2. The van der Waals surface area contributed by atoms with Gasteiger partial charge in [0, 0.05) is 0 Å². The van der Waals surface area contributed by atoms with Crippen LogP contribution in [0.5, 0.6) is 0 Å². The third kappa shape index (κ3) is 3.13. The number of nitrogens with two attached hydrogens (primary N) is 1. The van der Waals surface area contributed by atoms with Crippen LogP contribution in [0.1, 0.15) is 6.92 Å². The first-order valence-corrected chi connectivity index (χ1v) is 5.30. The molecule has 0 bridgehead atoms. The lowest BCUT2D eigenvalue weighted by Crippen LogP contribution is -2.27. The van der Waals surface area contributed by atoms with Gasteiger partial charge in [0.05, 0.1) is 18.5 Å². The number of nitrogens with one attached hydrogen (secondary N) is 1. The maximum absolute atomic E-state index is 11.6. The van der Waals surface area contributed by atoms with Crippen LogP contribution in [0.3, 0.4) is 0 Å². The molecule has 3 N–H and O–H groups in total. The van der Waals surface area contributed by atoms with Crippen LogP contribution in [0.15, 0.2) is 35.7 Å². The Hall–Kier alpha value is -1.69. The number of amides is 1. The van der Waals surface area contributed by atoms with Gasteiger partial charge in [-0.1, -0.05) is 24.8 Å². The van der Waals surface area contributed by atoms with Crippen molar-refractivity contribution in [2.75, 3.05) is 7.11 Å². The average molecular weight is 254 g/mol. The quantitative estimate of drug-likeness (QED) is 0.509. The molecule has 0 spiro atoms. The van der Waals surface area contributed by atoms with E-state index in [4.69, 9.17) is 10.5 Å². The van der Waals surface area contributed by atoms with Gasteiger partial charge in [-0.15, -0.1) is 0 Å². The van der Waals surface area contributed by atoms with E-state index in [1.807, 2.05) is 0 Å². The third-order valence-corrected chi connectivity index (χ3v) is 2.45. The van der Waals surface area contributed by atoms with Crippen molar-refractivity contribution in [2.45, 2.75) is 6.92 Å². The minimum absolute atomic E-state index is 0.283. The van der Waals surface area contributed by atoms with Crippen molar-refractivity contribution in [2.24, 2.45) is 11.1 Å². The second-order valence-corrected chi connectivity index (χ2v) is 4.15. The summed E-state index contributed by atoms with van der Waals surface area (Å²) in [6, 6.07) is 0. The van der Waals surface area contributed by atoms with E-state index < -0.39 is 16.6 Å². The van der Waals surface area contributed by atoms with E-state index in [0.29, 0.717) is 5.70 Å². The van der Waals surface area contributed by atoms with Crippen molar-refractivity contribution in [3.05, 3.63) is 35.7 Å². The largest absolute Gasteiger partial charge is 0.468 e. The molecule has 0 aliphatic heterocycles. The molecule has 0 aromatic heterocycles. The summed E-state index contributed by atoms with van der Waals surface area (Å²) in [5, 5.41) is 1.93. The SMILES string of the molecule is COC(=O)C1(C)C=CC=C(NC(=O)S)C(N)=C1. The average Bonchev–Trinajstić information content (AvgIpc) is 2.38. The van der Waals surface area contributed by atoms with Gasteiger partial charge in [0.15, 0.2) is 0 Å². The van der Waals surface area contributed by atoms with Gasteiger partial charge in [0.2, 0.25) is 0 Å². The molecule has 0 aromatic carbocycles. The number of methoxy groups -OCH3 is 1. The Kier molecular flexibility index (Phi) is 4.01. The van der Waals surface area contributed by atoms with Gasteiger partial charge in [-0.3, -0.25) is 9.59 Å². The molecule has 5 nitrogen and oxygen atoms in total. The first-order valence-electron chi connectivity index (χ1n) is 4.85. The van der Waals surface area contributed by atoms with Gasteiger partial charge in [0.1, 0.15) is 5.41 Å². The van der Waals surface area contributed by atoms with Gasteiger partial charge in [-0.05, 0) is 19.1 Å². The number of esters is 1. The summed E-state index contributed by atoms with van der Waals surface area (Å²) < 4.78 is 4.70. The van der Waals surface area contributed by atoms with Crippen LogP contribution in [0, 0.1) is 5.41 Å². The Morgan fingerprint density at radius 2 is 2.18 bits per heavy atom. The number of ether oxygens (including phenoxy) is 1. The molecule has 1 amide bonds. The number of thiol groups is 1. The molecule has 1 aliphatic rings. The highest BCUT2D eigenvalue weighted by Crippen LogP contribution is 2.26. The number of hydrogen-bond donors (Lipinski definition) is 3. The zero-order valence-electron chi connectivity index (χ0n) is 9.56. The molecule has 0 radical (unpaired) electrons. The van der Waals surface area contributed by atoms with E-state index in [0.717, 1.165) is 0 Å². The van der Waals surface area contributed by atoms with Crippen molar-refractivity contribution in [1.29, 1.82) is 0 Å². The van der Waals surface area contributed by atoms with Gasteiger partial charge in [0.25, 0.3) is 5.24 Å². The predicted octanol–water partition coefficient (Wildman–Crippen LogP) is 1.10. The molecule has 1 unspecified atom stereocenters. The molecular weight excluding hydrogens is 240 g/mol. The van der Waals surface area contributed by atoms with E-state index in [9.17, 15) is 9.59 Å². The molecule has 0 saturated carbocycles. The molecule has 0 aromatic rings. The smallest absolute Gasteiger partial charge is 0.319 e. The molecule has 0 saturated heterocycles. The normalized spacial score (nSPS) is 23.2. The Morgan fingerprint density at radius 1 is 1.53 bits per heavy atom. The fourth-order valence-corrected chi connectivity index (χ4v) is 1.59. The number of carbonyl (C=O) groups excluding carboxylic acids is 2. The summed E-state index contributed by atoms with van der Waals surface area (Å²) in [5.41, 5.74) is 5.53. The van der Waals surface area contributed by atoms with Crippen molar-refractivity contribution < 1.29 is 14.3 Å². The monoisotopic (exact) mass is 254 g/mol. The summed E-state index contributed by atoms with van der Waals surface area (Å²) in [6.07, 6.45) is 6.39. The molecule has 6 heteroatoms. The van der Waals surface area contributed by atoms with Crippen LogP contribution < -0.4 is 11.1 Å². The van der Waals surface area contributed by atoms with E-state index >= 15 is 0 Å². The highest BCUT2D eigenvalue weighted by atomic mass is 32.1. The van der Waals surface area contributed by atoms with Crippen LogP contribution >= 0.6 is 12.6 Å². The minimum atomic E-state index is -0.946. The highest BCUT2D eigenvalue weighted by Gasteiger charge is 2.30. The number of hydrogen-bond acceptors (Lipinski definition) is 4. The highest BCUT2D eigenvalue weighted by molar-refractivity contribution is 7.96. The Labute approximate surface area is 105 Å². The minimum Gasteiger partial charge on any atom is -0.468 e. The summed E-state index contributed by atoms with van der Waals surface area (Å²) in [5.74, 6) is -0.427. The maximum Gasteiger partial charge on any atom is 0.319 e. The molecule has 17 heavy (non-hydrogen) atoms. The Morgan fingerprint density at radius 3 is 2.71 bits per heavy atom. The molecule has 0 fully saturated rings. The standard InChI is InChI=1S/C11H14N2O3S/c1-11(9(14)16-2)5-3-4-8(7(12)6-11)13-10(15)17/h3-6H,12H2,1-2H3,(H2,13,15,17).